The van der Waals surface area contributed by atoms with Gasteiger partial charge in [-0.05, 0) is 50.1 Å². The zero-order chi connectivity index (χ0) is 15.1. The quantitative estimate of drug-likeness (QED) is 0.845. The van der Waals surface area contributed by atoms with Crippen molar-refractivity contribution in [2.75, 3.05) is 13.1 Å². The van der Waals surface area contributed by atoms with Gasteiger partial charge in [0.25, 0.3) is 0 Å². The third kappa shape index (κ3) is 5.16. The Balaban J connectivity index is 1.72. The highest BCUT2D eigenvalue weighted by molar-refractivity contribution is 5.76. The number of hydrogen-bond donors (Lipinski definition) is 2. The Hall–Kier alpha value is -1.35. The highest BCUT2D eigenvalue weighted by Gasteiger charge is 2.23. The minimum Gasteiger partial charge on any atom is -0.356 e. The van der Waals surface area contributed by atoms with Crippen LogP contribution in [0.15, 0.2) is 24.3 Å². The van der Waals surface area contributed by atoms with Crippen LogP contribution < -0.4 is 11.1 Å². The van der Waals surface area contributed by atoms with Crippen LogP contribution in [0.25, 0.3) is 0 Å². The molecule has 1 amide bonds. The molecule has 3 N–H and O–H groups in total. The molecule has 116 valence electrons. The summed E-state index contributed by atoms with van der Waals surface area (Å²) >= 11 is 0. The number of rotatable bonds is 6. The molecule has 2 atom stereocenters. The lowest BCUT2D eigenvalue weighted by Crippen LogP contribution is -2.37. The summed E-state index contributed by atoms with van der Waals surface area (Å²) in [6.07, 6.45) is 6.39. The standard InChI is InChI=1S/C18H28N2O/c1-14-5-4-6-15(11-14)9-10-18(21)20-13-17-8-3-2-7-16(17)12-19/h4-6,11,16-17H,2-3,7-10,12-13,19H2,1H3,(H,20,21). The van der Waals surface area contributed by atoms with Gasteiger partial charge in [-0.3, -0.25) is 4.79 Å². The fraction of sp³-hybridized carbons (Fsp3) is 0.611. The molecule has 1 fully saturated rings. The van der Waals surface area contributed by atoms with Crippen LogP contribution in [0.2, 0.25) is 0 Å². The van der Waals surface area contributed by atoms with Crippen LogP contribution in [0.5, 0.6) is 0 Å². The number of carbonyl (C=O) groups excluding carboxylic acids is 1. The van der Waals surface area contributed by atoms with E-state index in [-0.39, 0.29) is 5.91 Å². The number of nitrogens with one attached hydrogen (secondary N) is 1. The lowest BCUT2D eigenvalue weighted by Gasteiger charge is -2.30. The van der Waals surface area contributed by atoms with E-state index < -0.39 is 0 Å². The van der Waals surface area contributed by atoms with Gasteiger partial charge in [-0.2, -0.15) is 0 Å². The van der Waals surface area contributed by atoms with E-state index in [2.05, 4.69) is 36.5 Å². The molecule has 1 aromatic rings. The average Bonchev–Trinajstić information content (AvgIpc) is 2.51. The predicted molar refractivity (Wildman–Crippen MR) is 87.0 cm³/mol. The zero-order valence-corrected chi connectivity index (χ0v) is 13.1. The van der Waals surface area contributed by atoms with E-state index in [1.807, 2.05) is 0 Å². The zero-order valence-electron chi connectivity index (χ0n) is 13.1. The largest absolute Gasteiger partial charge is 0.356 e. The van der Waals surface area contributed by atoms with Crippen LogP contribution in [0.3, 0.4) is 0 Å². The van der Waals surface area contributed by atoms with E-state index in [1.54, 1.807) is 0 Å². The molecular weight excluding hydrogens is 260 g/mol. The highest BCUT2D eigenvalue weighted by atomic mass is 16.1. The summed E-state index contributed by atoms with van der Waals surface area (Å²) in [6, 6.07) is 8.38. The van der Waals surface area contributed by atoms with Gasteiger partial charge in [0.05, 0.1) is 0 Å². The van der Waals surface area contributed by atoms with Crippen molar-refractivity contribution < 1.29 is 4.79 Å². The fourth-order valence-electron chi connectivity index (χ4n) is 3.32. The van der Waals surface area contributed by atoms with Crippen molar-refractivity contribution in [2.45, 2.75) is 45.4 Å². The monoisotopic (exact) mass is 288 g/mol. The third-order valence-corrected chi connectivity index (χ3v) is 4.65. The summed E-state index contributed by atoms with van der Waals surface area (Å²) in [4.78, 5) is 12.0. The molecule has 0 bridgehead atoms. The number of nitrogens with two attached hydrogens (primary N) is 1. The Kier molecular flexibility index (Phi) is 6.24. The van der Waals surface area contributed by atoms with Gasteiger partial charge in [0.15, 0.2) is 0 Å². The first kappa shape index (κ1) is 16.0. The molecule has 21 heavy (non-hydrogen) atoms. The molecule has 1 aliphatic rings. The van der Waals surface area contributed by atoms with Crippen molar-refractivity contribution in [2.24, 2.45) is 17.6 Å². The molecule has 3 nitrogen and oxygen atoms in total. The molecule has 0 heterocycles. The summed E-state index contributed by atoms with van der Waals surface area (Å²) in [5.41, 5.74) is 8.33. The first-order chi connectivity index (χ1) is 10.2. The minimum absolute atomic E-state index is 0.165. The summed E-state index contributed by atoms with van der Waals surface area (Å²) in [6.45, 7) is 3.64. The van der Waals surface area contributed by atoms with Crippen molar-refractivity contribution in [1.82, 2.24) is 5.32 Å². The van der Waals surface area contributed by atoms with Gasteiger partial charge in [-0.25, -0.2) is 0 Å². The highest BCUT2D eigenvalue weighted by Crippen LogP contribution is 2.28. The van der Waals surface area contributed by atoms with Crippen molar-refractivity contribution in [3.63, 3.8) is 0 Å². The number of aryl methyl sites for hydroxylation is 2. The molecule has 0 saturated heterocycles. The molecule has 0 aromatic heterocycles. The normalized spacial score (nSPS) is 22.0. The van der Waals surface area contributed by atoms with Crippen LogP contribution in [-0.4, -0.2) is 19.0 Å². The van der Waals surface area contributed by atoms with Crippen LogP contribution in [0.1, 0.15) is 43.2 Å². The van der Waals surface area contributed by atoms with Crippen LogP contribution in [0.4, 0.5) is 0 Å². The maximum atomic E-state index is 12.0. The van der Waals surface area contributed by atoms with Crippen LogP contribution in [0, 0.1) is 18.8 Å². The van der Waals surface area contributed by atoms with Gasteiger partial charge in [-0.1, -0.05) is 42.7 Å². The van der Waals surface area contributed by atoms with Gasteiger partial charge in [0, 0.05) is 13.0 Å². The smallest absolute Gasteiger partial charge is 0.220 e. The molecule has 1 aliphatic carbocycles. The summed E-state index contributed by atoms with van der Waals surface area (Å²) in [5, 5.41) is 3.11. The summed E-state index contributed by atoms with van der Waals surface area (Å²) < 4.78 is 0. The van der Waals surface area contributed by atoms with E-state index in [4.69, 9.17) is 5.73 Å². The molecule has 0 spiro atoms. The van der Waals surface area contributed by atoms with Gasteiger partial charge in [-0.15, -0.1) is 0 Å². The van der Waals surface area contributed by atoms with Crippen molar-refractivity contribution in [3.05, 3.63) is 35.4 Å². The second-order valence-corrected chi connectivity index (χ2v) is 6.33. The number of benzene rings is 1. The van der Waals surface area contributed by atoms with Gasteiger partial charge >= 0.3 is 0 Å². The van der Waals surface area contributed by atoms with Crippen molar-refractivity contribution >= 4 is 5.91 Å². The SMILES string of the molecule is Cc1cccc(CCC(=O)NCC2CCCCC2CN)c1. The average molecular weight is 288 g/mol. The Morgan fingerprint density at radius 1 is 1.29 bits per heavy atom. The molecule has 2 rings (SSSR count). The first-order valence-electron chi connectivity index (χ1n) is 8.21. The topological polar surface area (TPSA) is 55.1 Å². The maximum Gasteiger partial charge on any atom is 0.220 e. The summed E-state index contributed by atoms with van der Waals surface area (Å²) in [5.74, 6) is 1.33. The van der Waals surface area contributed by atoms with E-state index in [1.165, 1.54) is 36.8 Å². The van der Waals surface area contributed by atoms with Gasteiger partial charge < -0.3 is 11.1 Å². The minimum atomic E-state index is 0.165. The van der Waals surface area contributed by atoms with E-state index in [9.17, 15) is 4.79 Å². The van der Waals surface area contributed by atoms with Crippen molar-refractivity contribution in [3.8, 4) is 0 Å². The molecule has 3 heteroatoms. The van der Waals surface area contributed by atoms with E-state index in [0.717, 1.165) is 19.5 Å². The molecule has 0 aliphatic heterocycles. The van der Waals surface area contributed by atoms with Gasteiger partial charge in [0.1, 0.15) is 0 Å². The molecule has 1 saturated carbocycles. The predicted octanol–water partition coefficient (Wildman–Crippen LogP) is 2.81. The summed E-state index contributed by atoms with van der Waals surface area (Å²) in [7, 11) is 0. The third-order valence-electron chi connectivity index (χ3n) is 4.65. The second kappa shape index (κ2) is 8.18. The van der Waals surface area contributed by atoms with Crippen LogP contribution in [-0.2, 0) is 11.2 Å². The van der Waals surface area contributed by atoms with Crippen molar-refractivity contribution in [1.29, 1.82) is 0 Å². The van der Waals surface area contributed by atoms with Gasteiger partial charge in [0.2, 0.25) is 5.91 Å². The van der Waals surface area contributed by atoms with Crippen LogP contribution >= 0.6 is 0 Å². The number of hydrogen-bond acceptors (Lipinski definition) is 2. The second-order valence-electron chi connectivity index (χ2n) is 6.33. The lowest BCUT2D eigenvalue weighted by atomic mass is 9.79. The molecule has 0 radical (unpaired) electrons. The Labute approximate surface area is 128 Å². The fourth-order valence-corrected chi connectivity index (χ4v) is 3.32. The molecular formula is C18H28N2O. The first-order valence-corrected chi connectivity index (χ1v) is 8.21. The lowest BCUT2D eigenvalue weighted by molar-refractivity contribution is -0.121. The number of carbonyl (C=O) groups is 1. The molecule has 2 unspecified atom stereocenters. The Morgan fingerprint density at radius 2 is 2.05 bits per heavy atom. The number of amides is 1. The van der Waals surface area contributed by atoms with E-state index >= 15 is 0 Å². The Morgan fingerprint density at radius 3 is 2.76 bits per heavy atom. The Bertz CT molecular complexity index is 458. The maximum absolute atomic E-state index is 12.0. The molecule has 1 aromatic carbocycles. The van der Waals surface area contributed by atoms with E-state index in [0.29, 0.717) is 18.3 Å².